The van der Waals surface area contributed by atoms with E-state index in [0.29, 0.717) is 17.8 Å². The zero-order valence-electron chi connectivity index (χ0n) is 10.0. The van der Waals surface area contributed by atoms with Crippen molar-refractivity contribution < 1.29 is 4.42 Å². The van der Waals surface area contributed by atoms with Gasteiger partial charge in [-0.25, -0.2) is 9.67 Å². The minimum absolute atomic E-state index is 0.479. The Labute approximate surface area is 118 Å². The molecule has 0 aliphatic carbocycles. The van der Waals surface area contributed by atoms with Gasteiger partial charge in [0, 0.05) is 17.1 Å². The number of alkyl halides is 1. The molecule has 0 aliphatic heterocycles. The zero-order chi connectivity index (χ0) is 13.1. The average molecular weight is 319 g/mol. The Bertz CT molecular complexity index is 662. The molecule has 2 aromatic heterocycles. The molecule has 0 bridgehead atoms. The van der Waals surface area contributed by atoms with Crippen LogP contribution in [0.4, 0.5) is 0 Å². The Balaban J connectivity index is 1.78. The van der Waals surface area contributed by atoms with E-state index in [9.17, 15) is 0 Å². The summed E-state index contributed by atoms with van der Waals surface area (Å²) in [5, 5.41) is 8.68. The first kappa shape index (κ1) is 12.1. The normalized spacial score (nSPS) is 10.8. The van der Waals surface area contributed by atoms with E-state index in [-0.39, 0.29) is 0 Å². The van der Waals surface area contributed by atoms with E-state index in [4.69, 9.17) is 4.42 Å². The average Bonchev–Trinajstić information content (AvgIpc) is 3.09. The van der Waals surface area contributed by atoms with Crippen LogP contribution in [0.15, 0.2) is 47.1 Å². The summed E-state index contributed by atoms with van der Waals surface area (Å²) in [6.07, 6.45) is 3.59. The van der Waals surface area contributed by atoms with Gasteiger partial charge in [0.25, 0.3) is 0 Å². The fraction of sp³-hybridized carbons (Fsp3) is 0.154. The lowest BCUT2D eigenvalue weighted by Crippen LogP contribution is -2.00. The van der Waals surface area contributed by atoms with Gasteiger partial charge in [-0.05, 0) is 0 Å². The van der Waals surface area contributed by atoms with Gasteiger partial charge in [0.05, 0.1) is 11.9 Å². The number of benzene rings is 1. The van der Waals surface area contributed by atoms with Crippen LogP contribution < -0.4 is 0 Å². The molecular formula is C13H11BrN4O. The van der Waals surface area contributed by atoms with Gasteiger partial charge in [-0.3, -0.25) is 0 Å². The van der Waals surface area contributed by atoms with Crippen LogP contribution in [0.5, 0.6) is 0 Å². The zero-order valence-corrected chi connectivity index (χ0v) is 11.6. The maximum Gasteiger partial charge on any atom is 0.216 e. The summed E-state index contributed by atoms with van der Waals surface area (Å²) < 4.78 is 7.41. The van der Waals surface area contributed by atoms with E-state index in [1.165, 1.54) is 0 Å². The van der Waals surface area contributed by atoms with E-state index < -0.39 is 0 Å². The van der Waals surface area contributed by atoms with Crippen LogP contribution in [0.25, 0.3) is 11.3 Å². The number of oxazole rings is 1. The van der Waals surface area contributed by atoms with Crippen molar-refractivity contribution in [3.8, 4) is 11.3 Å². The van der Waals surface area contributed by atoms with Crippen LogP contribution in [0, 0.1) is 0 Å². The molecule has 3 rings (SSSR count). The maximum atomic E-state index is 5.71. The molecule has 0 unspecified atom stereocenters. The van der Waals surface area contributed by atoms with E-state index in [1.807, 2.05) is 36.5 Å². The second kappa shape index (κ2) is 5.36. The second-order valence-corrected chi connectivity index (χ2v) is 4.59. The molecule has 19 heavy (non-hydrogen) atoms. The molecule has 1 aromatic carbocycles. The highest BCUT2D eigenvalue weighted by Crippen LogP contribution is 2.19. The molecule has 0 fully saturated rings. The minimum Gasteiger partial charge on any atom is -0.439 e. The molecule has 0 aliphatic rings. The van der Waals surface area contributed by atoms with Crippen molar-refractivity contribution in [2.75, 3.05) is 0 Å². The van der Waals surface area contributed by atoms with Gasteiger partial charge < -0.3 is 4.42 Å². The molecule has 0 amide bonds. The Morgan fingerprint density at radius 2 is 2.05 bits per heavy atom. The first-order chi connectivity index (χ1) is 9.35. The summed E-state index contributed by atoms with van der Waals surface area (Å²) in [4.78, 5) is 4.26. The maximum absolute atomic E-state index is 5.71. The van der Waals surface area contributed by atoms with Crippen LogP contribution in [0.3, 0.4) is 0 Å². The Morgan fingerprint density at radius 1 is 1.21 bits per heavy atom. The Kier molecular flexibility index (Phi) is 3.41. The first-order valence-electron chi connectivity index (χ1n) is 5.80. The van der Waals surface area contributed by atoms with Gasteiger partial charge in [-0.1, -0.05) is 51.5 Å². The van der Waals surface area contributed by atoms with Crippen molar-refractivity contribution >= 4 is 15.9 Å². The minimum atomic E-state index is 0.479. The highest BCUT2D eigenvalue weighted by molar-refractivity contribution is 9.08. The summed E-state index contributed by atoms with van der Waals surface area (Å²) in [5.41, 5.74) is 1.90. The molecule has 0 atom stereocenters. The number of aromatic nitrogens is 4. The third kappa shape index (κ3) is 2.73. The number of halogens is 1. The van der Waals surface area contributed by atoms with Crippen molar-refractivity contribution in [2.24, 2.45) is 0 Å². The van der Waals surface area contributed by atoms with Crippen LogP contribution >= 0.6 is 15.9 Å². The quantitative estimate of drug-likeness (QED) is 0.694. The van der Waals surface area contributed by atoms with Crippen LogP contribution in [0.2, 0.25) is 0 Å². The van der Waals surface area contributed by atoms with Gasteiger partial charge in [0.15, 0.2) is 5.76 Å². The van der Waals surface area contributed by atoms with Crippen LogP contribution in [0.1, 0.15) is 11.6 Å². The second-order valence-electron chi connectivity index (χ2n) is 4.03. The molecule has 0 radical (unpaired) electrons. The van der Waals surface area contributed by atoms with Crippen molar-refractivity contribution in [2.45, 2.75) is 11.9 Å². The first-order valence-corrected chi connectivity index (χ1v) is 6.92. The SMILES string of the molecule is BrCc1cn(Cc2ncc(-c3ccccc3)o2)nn1. The number of nitrogens with zero attached hydrogens (tertiary/aromatic N) is 4. The lowest BCUT2D eigenvalue weighted by molar-refractivity contribution is 0.469. The third-order valence-corrected chi connectivity index (χ3v) is 3.21. The molecule has 0 spiro atoms. The van der Waals surface area contributed by atoms with E-state index in [1.54, 1.807) is 10.9 Å². The molecule has 0 saturated carbocycles. The van der Waals surface area contributed by atoms with Crippen molar-refractivity contribution in [3.63, 3.8) is 0 Å². The topological polar surface area (TPSA) is 56.7 Å². The predicted molar refractivity (Wildman–Crippen MR) is 73.7 cm³/mol. The number of rotatable bonds is 4. The molecule has 5 nitrogen and oxygen atoms in total. The number of hydrogen-bond acceptors (Lipinski definition) is 4. The van der Waals surface area contributed by atoms with Crippen molar-refractivity contribution in [3.05, 3.63) is 54.3 Å². The van der Waals surface area contributed by atoms with Crippen molar-refractivity contribution in [1.82, 2.24) is 20.0 Å². The predicted octanol–water partition coefficient (Wildman–Crippen LogP) is 2.88. The van der Waals surface area contributed by atoms with E-state index in [0.717, 1.165) is 17.0 Å². The monoisotopic (exact) mass is 318 g/mol. The summed E-state index contributed by atoms with van der Waals surface area (Å²) in [7, 11) is 0. The summed E-state index contributed by atoms with van der Waals surface area (Å²) in [6, 6.07) is 9.89. The van der Waals surface area contributed by atoms with Crippen molar-refractivity contribution in [1.29, 1.82) is 0 Å². The van der Waals surface area contributed by atoms with Gasteiger partial charge >= 0.3 is 0 Å². The molecule has 96 valence electrons. The lowest BCUT2D eigenvalue weighted by Gasteiger charge is -1.96. The third-order valence-electron chi connectivity index (χ3n) is 2.63. The van der Waals surface area contributed by atoms with Gasteiger partial charge in [0.1, 0.15) is 6.54 Å². The fourth-order valence-corrected chi connectivity index (χ4v) is 1.99. The molecule has 0 N–H and O–H groups in total. The molecule has 2 heterocycles. The smallest absolute Gasteiger partial charge is 0.216 e. The molecule has 0 saturated heterocycles. The van der Waals surface area contributed by atoms with Gasteiger partial charge in [-0.2, -0.15) is 0 Å². The van der Waals surface area contributed by atoms with Crippen LogP contribution in [-0.2, 0) is 11.9 Å². The highest BCUT2D eigenvalue weighted by Gasteiger charge is 2.07. The van der Waals surface area contributed by atoms with Crippen LogP contribution in [-0.4, -0.2) is 20.0 Å². The Hall–Kier alpha value is -1.95. The summed E-state index contributed by atoms with van der Waals surface area (Å²) >= 11 is 3.34. The largest absolute Gasteiger partial charge is 0.439 e. The summed E-state index contributed by atoms with van der Waals surface area (Å²) in [5.74, 6) is 1.38. The molecular weight excluding hydrogens is 308 g/mol. The summed E-state index contributed by atoms with van der Waals surface area (Å²) in [6.45, 7) is 0.479. The standard InChI is InChI=1S/C13H11BrN4O/c14-6-11-8-18(17-16-11)9-13-15-7-12(19-13)10-4-2-1-3-5-10/h1-5,7-8H,6,9H2. The van der Waals surface area contributed by atoms with E-state index in [2.05, 4.69) is 31.2 Å². The number of hydrogen-bond donors (Lipinski definition) is 0. The Morgan fingerprint density at radius 3 is 2.79 bits per heavy atom. The molecule has 6 heteroatoms. The van der Waals surface area contributed by atoms with E-state index >= 15 is 0 Å². The highest BCUT2D eigenvalue weighted by atomic mass is 79.9. The fourth-order valence-electron chi connectivity index (χ4n) is 1.73. The van der Waals surface area contributed by atoms with Gasteiger partial charge in [-0.15, -0.1) is 5.10 Å². The lowest BCUT2D eigenvalue weighted by atomic mass is 10.2. The van der Waals surface area contributed by atoms with Gasteiger partial charge in [0.2, 0.25) is 5.89 Å². The molecule has 3 aromatic rings.